The molecule has 1 aliphatic heterocycles. The summed E-state index contributed by atoms with van der Waals surface area (Å²) in [6, 6.07) is 0. The molecule has 1 heterocycles. The van der Waals surface area contributed by atoms with Crippen molar-refractivity contribution in [3.05, 3.63) is 85.1 Å². The van der Waals surface area contributed by atoms with Crippen molar-refractivity contribution >= 4 is 22.1 Å². The van der Waals surface area contributed by atoms with Crippen LogP contribution in [0.15, 0.2) is 85.1 Å². The molecule has 12 nitrogen and oxygen atoms in total. The number of esters is 2. The van der Waals surface area contributed by atoms with E-state index in [1.54, 1.807) is 0 Å². The molecule has 1 saturated heterocycles. The molecule has 0 bridgehead atoms. The second kappa shape index (κ2) is 38.3. The average molecular weight is 893 g/mol. The minimum Gasteiger partial charge on any atom is -0.462 e. The summed E-state index contributed by atoms with van der Waals surface area (Å²) in [7, 11) is -4.62. The van der Waals surface area contributed by atoms with Crippen LogP contribution in [-0.4, -0.2) is 96.0 Å². The largest absolute Gasteiger partial charge is 0.462 e. The predicted molar refractivity (Wildman–Crippen MR) is 247 cm³/mol. The van der Waals surface area contributed by atoms with Crippen molar-refractivity contribution in [3.63, 3.8) is 0 Å². The number of rotatable bonds is 37. The van der Waals surface area contributed by atoms with Crippen molar-refractivity contribution in [1.82, 2.24) is 0 Å². The topological polar surface area (TPSA) is 186 Å². The van der Waals surface area contributed by atoms with Crippen LogP contribution in [0.1, 0.15) is 155 Å². The Labute approximate surface area is 373 Å². The number of unbranched alkanes of at least 4 members (excludes halogenated alkanes) is 11. The van der Waals surface area contributed by atoms with Crippen LogP contribution in [0.3, 0.4) is 0 Å². The second-order valence-electron chi connectivity index (χ2n) is 15.7. The van der Waals surface area contributed by atoms with Crippen molar-refractivity contribution in [2.24, 2.45) is 0 Å². The molecule has 1 aliphatic rings. The Balaban J connectivity index is 2.51. The van der Waals surface area contributed by atoms with Gasteiger partial charge in [-0.1, -0.05) is 150 Å². The Morgan fingerprint density at radius 2 is 1.05 bits per heavy atom. The first-order chi connectivity index (χ1) is 30.0. The molecule has 0 aromatic carbocycles. The van der Waals surface area contributed by atoms with Crippen LogP contribution in [0.25, 0.3) is 0 Å². The Morgan fingerprint density at radius 1 is 0.565 bits per heavy atom. The molecule has 0 aromatic heterocycles. The fourth-order valence-corrected chi connectivity index (χ4v) is 7.09. The van der Waals surface area contributed by atoms with E-state index in [0.717, 1.165) is 70.6 Å². The fourth-order valence-electron chi connectivity index (χ4n) is 6.40. The number of carbonyl (C=O) groups is 2. The molecule has 13 heteroatoms. The molecule has 0 aromatic rings. The zero-order valence-corrected chi connectivity index (χ0v) is 38.5. The van der Waals surface area contributed by atoms with Gasteiger partial charge in [-0.05, 0) is 77.0 Å². The number of hydrogen-bond donors (Lipinski definition) is 4. The third-order valence-corrected chi connectivity index (χ3v) is 10.7. The minimum atomic E-state index is -4.62. The standard InChI is InChI=1S/C49H80O12S/c1-3-5-7-9-11-13-15-17-19-20-21-22-24-26-28-30-32-34-36-38-45(51)60-42(40-59-49-48(54)47(53)46(52)43(61-49)41-62(55,56)57)39-58-44(50)37-35-33-31-29-27-25-23-18-16-14-12-10-8-6-4-2/h5,7,11,13,17-19,21-23,26,28,32,34,42-43,46-49,52-54H,3-4,6,8-10,12,14-16,20,24-25,27,29-31,33,35-41H2,1-2H3,(H,55,56,57)/b7-5-,13-11-,19-17-,22-21-,23-18-,28-26-,34-32-. The molecular formula is C49H80O12S. The zero-order chi connectivity index (χ0) is 45.5. The molecule has 4 N–H and O–H groups in total. The summed E-state index contributed by atoms with van der Waals surface area (Å²) in [6.45, 7) is 3.56. The molecule has 0 amide bonds. The molecule has 6 atom stereocenters. The van der Waals surface area contributed by atoms with Gasteiger partial charge in [0.25, 0.3) is 10.1 Å². The van der Waals surface area contributed by atoms with Gasteiger partial charge >= 0.3 is 11.9 Å². The Hall–Kier alpha value is -3.17. The van der Waals surface area contributed by atoms with E-state index in [0.29, 0.717) is 19.3 Å². The van der Waals surface area contributed by atoms with Gasteiger partial charge in [-0.2, -0.15) is 8.42 Å². The van der Waals surface area contributed by atoms with Gasteiger partial charge < -0.3 is 34.3 Å². The summed E-state index contributed by atoms with van der Waals surface area (Å²) in [4.78, 5) is 25.4. The van der Waals surface area contributed by atoms with E-state index in [-0.39, 0.29) is 19.4 Å². The molecule has 354 valence electrons. The lowest BCUT2D eigenvalue weighted by molar-refractivity contribution is -0.297. The van der Waals surface area contributed by atoms with Crippen LogP contribution in [0.5, 0.6) is 0 Å². The first-order valence-corrected chi connectivity index (χ1v) is 24.8. The van der Waals surface area contributed by atoms with Gasteiger partial charge in [-0.15, -0.1) is 0 Å². The summed E-state index contributed by atoms with van der Waals surface area (Å²) in [5, 5.41) is 30.9. The van der Waals surface area contributed by atoms with Gasteiger partial charge in [0.15, 0.2) is 12.4 Å². The van der Waals surface area contributed by atoms with E-state index in [9.17, 15) is 37.9 Å². The van der Waals surface area contributed by atoms with E-state index >= 15 is 0 Å². The van der Waals surface area contributed by atoms with Crippen LogP contribution < -0.4 is 0 Å². The highest BCUT2D eigenvalue weighted by atomic mass is 32.2. The number of ether oxygens (including phenoxy) is 4. The van der Waals surface area contributed by atoms with Crippen molar-refractivity contribution in [1.29, 1.82) is 0 Å². The molecule has 0 radical (unpaired) electrons. The van der Waals surface area contributed by atoms with Crippen LogP contribution in [0, 0.1) is 0 Å². The van der Waals surface area contributed by atoms with Crippen LogP contribution >= 0.6 is 0 Å². The lowest BCUT2D eigenvalue weighted by Gasteiger charge is -2.40. The highest BCUT2D eigenvalue weighted by molar-refractivity contribution is 7.85. The van der Waals surface area contributed by atoms with Crippen molar-refractivity contribution in [2.75, 3.05) is 19.0 Å². The number of allylic oxidation sites excluding steroid dienone is 14. The van der Waals surface area contributed by atoms with Gasteiger partial charge in [0, 0.05) is 12.8 Å². The van der Waals surface area contributed by atoms with E-state index in [2.05, 4.69) is 80.7 Å². The number of carbonyl (C=O) groups excluding carboxylic acids is 2. The van der Waals surface area contributed by atoms with Gasteiger partial charge in [0.1, 0.15) is 36.8 Å². The number of aliphatic hydroxyl groups is 3. The van der Waals surface area contributed by atoms with Crippen LogP contribution in [0.2, 0.25) is 0 Å². The normalized spacial score (nSPS) is 20.6. The highest BCUT2D eigenvalue weighted by Gasteiger charge is 2.46. The number of hydrogen-bond acceptors (Lipinski definition) is 11. The maximum atomic E-state index is 12.8. The van der Waals surface area contributed by atoms with Gasteiger partial charge in [-0.3, -0.25) is 14.1 Å². The second-order valence-corrected chi connectivity index (χ2v) is 17.2. The first kappa shape index (κ1) is 56.8. The smallest absolute Gasteiger partial charge is 0.306 e. The molecule has 0 saturated carbocycles. The van der Waals surface area contributed by atoms with E-state index < -0.39 is 71.2 Å². The van der Waals surface area contributed by atoms with Crippen molar-refractivity contribution < 1.29 is 56.8 Å². The maximum absolute atomic E-state index is 12.8. The summed E-state index contributed by atoms with van der Waals surface area (Å²) in [5.74, 6) is -2.11. The highest BCUT2D eigenvalue weighted by Crippen LogP contribution is 2.24. The molecule has 0 spiro atoms. The molecule has 6 unspecified atom stereocenters. The summed E-state index contributed by atoms with van der Waals surface area (Å²) < 4.78 is 54.0. The zero-order valence-electron chi connectivity index (χ0n) is 37.7. The fraction of sp³-hybridized carbons (Fsp3) is 0.673. The molecule has 62 heavy (non-hydrogen) atoms. The first-order valence-electron chi connectivity index (χ1n) is 23.1. The van der Waals surface area contributed by atoms with Crippen molar-refractivity contribution in [2.45, 2.75) is 192 Å². The summed E-state index contributed by atoms with van der Waals surface area (Å²) in [6.07, 6.45) is 40.7. The molecular weight excluding hydrogens is 813 g/mol. The van der Waals surface area contributed by atoms with Gasteiger partial charge in [0.2, 0.25) is 0 Å². The summed E-state index contributed by atoms with van der Waals surface area (Å²) in [5.41, 5.74) is 0. The van der Waals surface area contributed by atoms with E-state index in [1.165, 1.54) is 38.5 Å². The Morgan fingerprint density at radius 3 is 1.58 bits per heavy atom. The summed E-state index contributed by atoms with van der Waals surface area (Å²) >= 11 is 0. The van der Waals surface area contributed by atoms with E-state index in [1.807, 2.05) is 18.2 Å². The maximum Gasteiger partial charge on any atom is 0.306 e. The minimum absolute atomic E-state index is 0.0332. The number of aliphatic hydroxyl groups excluding tert-OH is 3. The molecule has 1 fully saturated rings. The van der Waals surface area contributed by atoms with Gasteiger partial charge in [-0.25, -0.2) is 0 Å². The van der Waals surface area contributed by atoms with Crippen molar-refractivity contribution in [3.8, 4) is 0 Å². The van der Waals surface area contributed by atoms with Gasteiger partial charge in [0.05, 0.1) is 6.61 Å². The predicted octanol–water partition coefficient (Wildman–Crippen LogP) is 9.67. The SMILES string of the molecule is CC/C=C\C/C=C\C/C=C\C/C=C\C/C=C\C/C=C\CCC(=O)OC(COC(=O)CCCCCCC/C=C\CCCCCCCC)COC1OC(CS(=O)(=O)O)C(O)C(O)C1O. The molecule has 1 rings (SSSR count). The Kier molecular flexibility index (Phi) is 35.1. The van der Waals surface area contributed by atoms with Crippen LogP contribution in [0.4, 0.5) is 0 Å². The molecule has 0 aliphatic carbocycles. The third kappa shape index (κ3) is 32.5. The monoisotopic (exact) mass is 893 g/mol. The lowest BCUT2D eigenvalue weighted by atomic mass is 10.00. The van der Waals surface area contributed by atoms with Crippen LogP contribution in [-0.2, 0) is 38.7 Å². The quantitative estimate of drug-likeness (QED) is 0.0201. The average Bonchev–Trinajstić information content (AvgIpc) is 3.24. The third-order valence-electron chi connectivity index (χ3n) is 9.97. The lowest BCUT2D eigenvalue weighted by Crippen LogP contribution is -2.60. The van der Waals surface area contributed by atoms with E-state index in [4.69, 9.17) is 18.9 Å². The Bertz CT molecular complexity index is 1460.